The molecule has 1 fully saturated rings. The number of amides is 3. The first-order chi connectivity index (χ1) is 13.5. The van der Waals surface area contributed by atoms with Crippen molar-refractivity contribution in [1.29, 1.82) is 0 Å². The summed E-state index contributed by atoms with van der Waals surface area (Å²) in [6, 6.07) is 8.06. The van der Waals surface area contributed by atoms with Crippen molar-refractivity contribution in [3.8, 4) is 0 Å². The Balaban J connectivity index is 1.68. The minimum absolute atomic E-state index is 0.0305. The molecule has 1 N–H and O–H groups in total. The first-order valence-electron chi connectivity index (χ1n) is 9.43. The topological polar surface area (TPSA) is 65.5 Å². The van der Waals surface area contributed by atoms with E-state index in [0.29, 0.717) is 30.9 Å². The molecule has 0 bridgehead atoms. The Morgan fingerprint density at radius 1 is 1.32 bits per heavy atom. The summed E-state index contributed by atoms with van der Waals surface area (Å²) in [4.78, 5) is 32.5. The van der Waals surface area contributed by atoms with Crippen LogP contribution < -0.4 is 5.32 Å². The number of piperidine rings is 1. The van der Waals surface area contributed by atoms with Gasteiger partial charge in [-0.2, -0.15) is 0 Å². The minimum Gasteiger partial charge on any atom is -0.334 e. The quantitative estimate of drug-likeness (QED) is 0.876. The molecule has 148 valence electrons. The van der Waals surface area contributed by atoms with E-state index in [0.717, 1.165) is 18.4 Å². The number of aromatic nitrogens is 1. The Morgan fingerprint density at radius 2 is 2.14 bits per heavy atom. The molecule has 0 aliphatic carbocycles. The van der Waals surface area contributed by atoms with Crippen LogP contribution in [0.15, 0.2) is 42.7 Å². The lowest BCUT2D eigenvalue weighted by molar-refractivity contribution is -0.132. The molecular formula is C21H25FN4O2. The van der Waals surface area contributed by atoms with Crippen molar-refractivity contribution in [2.75, 3.05) is 18.4 Å². The van der Waals surface area contributed by atoms with Crippen LogP contribution in [0.25, 0.3) is 0 Å². The number of carbonyl (C=O) groups excluding carboxylic acids is 2. The van der Waals surface area contributed by atoms with Crippen molar-refractivity contribution >= 4 is 17.6 Å². The summed E-state index contributed by atoms with van der Waals surface area (Å²) in [7, 11) is 0. The van der Waals surface area contributed by atoms with Gasteiger partial charge in [-0.15, -0.1) is 0 Å². The lowest BCUT2D eigenvalue weighted by Gasteiger charge is -2.39. The predicted molar refractivity (Wildman–Crippen MR) is 105 cm³/mol. The zero-order chi connectivity index (χ0) is 20.1. The lowest BCUT2D eigenvalue weighted by atomic mass is 10.0. The van der Waals surface area contributed by atoms with E-state index in [1.54, 1.807) is 48.2 Å². The van der Waals surface area contributed by atoms with Crippen LogP contribution in [0.3, 0.4) is 0 Å². The Morgan fingerprint density at radius 3 is 2.86 bits per heavy atom. The van der Waals surface area contributed by atoms with E-state index in [1.807, 2.05) is 12.1 Å². The summed E-state index contributed by atoms with van der Waals surface area (Å²) in [5.41, 5.74) is 1.83. The second-order valence-electron chi connectivity index (χ2n) is 7.09. The van der Waals surface area contributed by atoms with E-state index in [2.05, 4.69) is 10.3 Å². The molecule has 1 aromatic carbocycles. The number of urea groups is 1. The van der Waals surface area contributed by atoms with E-state index >= 15 is 0 Å². The number of anilines is 1. The Bertz CT molecular complexity index is 844. The van der Waals surface area contributed by atoms with Gasteiger partial charge in [0.1, 0.15) is 5.82 Å². The molecule has 1 atom stereocenters. The normalized spacial score (nSPS) is 16.5. The molecule has 6 nitrogen and oxygen atoms in total. The molecule has 0 saturated carbocycles. The van der Waals surface area contributed by atoms with E-state index < -0.39 is 0 Å². The van der Waals surface area contributed by atoms with E-state index in [1.165, 1.54) is 6.07 Å². The van der Waals surface area contributed by atoms with Crippen molar-refractivity contribution in [3.05, 3.63) is 59.7 Å². The third kappa shape index (κ3) is 4.65. The first kappa shape index (κ1) is 19.8. The first-order valence-corrected chi connectivity index (χ1v) is 9.43. The molecule has 0 radical (unpaired) electrons. The molecule has 2 aromatic rings. The number of hydrogen-bond acceptors (Lipinski definition) is 3. The molecule has 28 heavy (non-hydrogen) atoms. The summed E-state index contributed by atoms with van der Waals surface area (Å²) in [5.74, 6) is -0.384. The molecule has 1 aliphatic rings. The number of benzene rings is 1. The van der Waals surface area contributed by atoms with E-state index in [-0.39, 0.29) is 23.8 Å². The van der Waals surface area contributed by atoms with Crippen LogP contribution in [0.1, 0.15) is 30.9 Å². The Hall–Kier alpha value is -2.96. The molecular weight excluding hydrogens is 359 g/mol. The minimum atomic E-state index is -0.353. The van der Waals surface area contributed by atoms with Crippen LogP contribution in [0.5, 0.6) is 0 Å². The molecule has 1 unspecified atom stereocenters. The average Bonchev–Trinajstić information content (AvgIpc) is 2.70. The van der Waals surface area contributed by atoms with Gasteiger partial charge >= 0.3 is 6.03 Å². The third-order valence-corrected chi connectivity index (χ3v) is 5.11. The van der Waals surface area contributed by atoms with Gasteiger partial charge in [-0.1, -0.05) is 12.1 Å². The van der Waals surface area contributed by atoms with Gasteiger partial charge in [0.2, 0.25) is 5.91 Å². The average molecular weight is 384 g/mol. The van der Waals surface area contributed by atoms with Gasteiger partial charge in [-0.3, -0.25) is 9.78 Å². The molecule has 1 aliphatic heterocycles. The molecule has 7 heteroatoms. The molecule has 3 amide bonds. The third-order valence-electron chi connectivity index (χ3n) is 5.11. The van der Waals surface area contributed by atoms with Crippen molar-refractivity contribution in [2.24, 2.45) is 0 Å². The Kier molecular flexibility index (Phi) is 6.23. The van der Waals surface area contributed by atoms with Crippen LogP contribution in [0, 0.1) is 12.7 Å². The van der Waals surface area contributed by atoms with E-state index in [4.69, 9.17) is 0 Å². The monoisotopic (exact) mass is 384 g/mol. The maximum Gasteiger partial charge on any atom is 0.321 e. The number of likely N-dealkylation sites (tertiary alicyclic amines) is 1. The fourth-order valence-corrected chi connectivity index (χ4v) is 3.52. The highest BCUT2D eigenvalue weighted by molar-refractivity contribution is 5.90. The van der Waals surface area contributed by atoms with Crippen molar-refractivity contribution in [3.63, 3.8) is 0 Å². The second kappa shape index (κ2) is 8.82. The van der Waals surface area contributed by atoms with Gasteiger partial charge in [-0.25, -0.2) is 9.18 Å². The van der Waals surface area contributed by atoms with Crippen LogP contribution in [-0.4, -0.2) is 45.9 Å². The van der Waals surface area contributed by atoms with Gasteiger partial charge in [0.05, 0.1) is 0 Å². The fourth-order valence-electron chi connectivity index (χ4n) is 3.52. The molecule has 0 spiro atoms. The highest BCUT2D eigenvalue weighted by Gasteiger charge is 2.29. The molecule has 3 rings (SSSR count). The van der Waals surface area contributed by atoms with Crippen molar-refractivity contribution in [2.45, 2.75) is 39.3 Å². The Labute approximate surface area is 164 Å². The number of hydrogen-bond donors (Lipinski definition) is 1. The number of pyridine rings is 1. The van der Waals surface area contributed by atoms with Crippen LogP contribution in [0.4, 0.5) is 14.9 Å². The number of carbonyl (C=O) groups is 2. The maximum absolute atomic E-state index is 13.7. The largest absolute Gasteiger partial charge is 0.334 e. The highest BCUT2D eigenvalue weighted by atomic mass is 19.1. The standard InChI is InChI=1S/C21H25FN4O2/c1-15-19(22)8-3-9-20(15)24-21(28)25-11-5-7-18(14-25)26(16(2)27)13-17-6-4-10-23-12-17/h3-4,6,8-10,12,18H,5,7,11,13-14H2,1-2H3,(H,24,28). The predicted octanol–water partition coefficient (Wildman–Crippen LogP) is 3.57. The SMILES string of the molecule is CC(=O)N(Cc1cccnc1)C1CCCN(C(=O)Nc2cccc(F)c2C)C1. The van der Waals surface area contributed by atoms with Crippen molar-refractivity contribution in [1.82, 2.24) is 14.8 Å². The lowest BCUT2D eigenvalue weighted by Crippen LogP contribution is -2.51. The highest BCUT2D eigenvalue weighted by Crippen LogP contribution is 2.21. The zero-order valence-electron chi connectivity index (χ0n) is 16.2. The summed E-state index contributed by atoms with van der Waals surface area (Å²) in [6.45, 7) is 4.70. The number of nitrogens with zero attached hydrogens (tertiary/aromatic N) is 3. The molecule has 1 saturated heterocycles. The summed E-state index contributed by atoms with van der Waals surface area (Å²) >= 11 is 0. The second-order valence-corrected chi connectivity index (χ2v) is 7.09. The fraction of sp³-hybridized carbons (Fsp3) is 0.381. The maximum atomic E-state index is 13.7. The molecule has 1 aromatic heterocycles. The molecule has 2 heterocycles. The van der Waals surface area contributed by atoms with Crippen molar-refractivity contribution < 1.29 is 14.0 Å². The summed E-state index contributed by atoms with van der Waals surface area (Å²) in [6.07, 6.45) is 5.08. The van der Waals surface area contributed by atoms with Gasteiger partial charge in [-0.05, 0) is 43.5 Å². The summed E-state index contributed by atoms with van der Waals surface area (Å²) < 4.78 is 13.7. The van der Waals surface area contributed by atoms with Crippen LogP contribution >= 0.6 is 0 Å². The van der Waals surface area contributed by atoms with Crippen LogP contribution in [-0.2, 0) is 11.3 Å². The van der Waals surface area contributed by atoms with E-state index in [9.17, 15) is 14.0 Å². The summed E-state index contributed by atoms with van der Waals surface area (Å²) in [5, 5.41) is 2.79. The van der Waals surface area contributed by atoms with Crippen LogP contribution in [0.2, 0.25) is 0 Å². The smallest absolute Gasteiger partial charge is 0.321 e. The zero-order valence-corrected chi connectivity index (χ0v) is 16.2. The number of rotatable bonds is 4. The number of nitrogens with one attached hydrogen (secondary N) is 1. The van der Waals surface area contributed by atoms with Gasteiger partial charge in [0, 0.05) is 56.2 Å². The number of halogens is 1. The van der Waals surface area contributed by atoms with Gasteiger partial charge < -0.3 is 15.1 Å². The van der Waals surface area contributed by atoms with Gasteiger partial charge in [0.25, 0.3) is 0 Å². The van der Waals surface area contributed by atoms with Gasteiger partial charge in [0.15, 0.2) is 0 Å².